The average molecular weight is 759 g/mol. The van der Waals surface area contributed by atoms with Crippen molar-refractivity contribution in [1.29, 1.82) is 0 Å². The summed E-state index contributed by atoms with van der Waals surface area (Å²) in [6.45, 7) is 4.67. The molecular formula is C55H42N4. The highest BCUT2D eigenvalue weighted by molar-refractivity contribution is 6.11. The SMILES string of the molecule is C.CC1(C)c2ccccc2-c2cc(-c3ccc4c(c3)c3ccc(-c5ccc(-c6nc(-c7ccccc7)nc(-c7ccccc7)n6)cc5)cc3n4-c3ccccc3)ccc21. The van der Waals surface area contributed by atoms with Crippen LogP contribution in [0.2, 0.25) is 0 Å². The molecule has 11 rings (SSSR count). The van der Waals surface area contributed by atoms with Crippen molar-refractivity contribution in [3.8, 4) is 73.2 Å². The van der Waals surface area contributed by atoms with Gasteiger partial charge in [0.05, 0.1) is 11.0 Å². The number of rotatable bonds is 6. The summed E-state index contributed by atoms with van der Waals surface area (Å²) in [6, 6.07) is 69.2. The van der Waals surface area contributed by atoms with E-state index in [9.17, 15) is 0 Å². The highest BCUT2D eigenvalue weighted by atomic mass is 15.0. The first-order chi connectivity index (χ1) is 28.5. The normalized spacial score (nSPS) is 12.6. The third-order valence-electron chi connectivity index (χ3n) is 11.9. The van der Waals surface area contributed by atoms with Gasteiger partial charge in [0.2, 0.25) is 0 Å². The third kappa shape index (κ3) is 6.04. The van der Waals surface area contributed by atoms with E-state index in [1.54, 1.807) is 0 Å². The predicted octanol–water partition coefficient (Wildman–Crippen LogP) is 14.2. The minimum Gasteiger partial charge on any atom is -0.309 e. The molecule has 1 aliphatic carbocycles. The Bertz CT molecular complexity index is 3110. The smallest absolute Gasteiger partial charge is 0.164 e. The predicted molar refractivity (Wildman–Crippen MR) is 246 cm³/mol. The minimum atomic E-state index is -0.0137. The maximum Gasteiger partial charge on any atom is 0.164 e. The largest absolute Gasteiger partial charge is 0.309 e. The van der Waals surface area contributed by atoms with Crippen molar-refractivity contribution < 1.29 is 0 Å². The van der Waals surface area contributed by atoms with Crippen LogP contribution < -0.4 is 0 Å². The van der Waals surface area contributed by atoms with Gasteiger partial charge in [0.25, 0.3) is 0 Å². The Morgan fingerprint density at radius 3 is 1.49 bits per heavy atom. The summed E-state index contributed by atoms with van der Waals surface area (Å²) in [4.78, 5) is 14.8. The Balaban J connectivity index is 0.00000420. The number of hydrogen-bond acceptors (Lipinski definition) is 3. The number of hydrogen-bond donors (Lipinski definition) is 0. The van der Waals surface area contributed by atoms with Crippen LogP contribution in [0.25, 0.3) is 95.0 Å². The van der Waals surface area contributed by atoms with Crippen molar-refractivity contribution >= 4 is 21.8 Å². The first kappa shape index (κ1) is 35.9. The van der Waals surface area contributed by atoms with Gasteiger partial charge in [0.1, 0.15) is 0 Å². The molecule has 0 bridgehead atoms. The van der Waals surface area contributed by atoms with Crippen LogP contribution >= 0.6 is 0 Å². The van der Waals surface area contributed by atoms with Crippen molar-refractivity contribution in [3.63, 3.8) is 0 Å². The molecule has 0 amide bonds. The molecule has 282 valence electrons. The Kier molecular flexibility index (Phi) is 8.65. The second kappa shape index (κ2) is 14.2. The van der Waals surface area contributed by atoms with Crippen LogP contribution in [0.4, 0.5) is 0 Å². The molecule has 2 heterocycles. The molecule has 0 spiro atoms. The molecule has 0 fully saturated rings. The van der Waals surface area contributed by atoms with Crippen molar-refractivity contribution in [2.24, 2.45) is 0 Å². The van der Waals surface area contributed by atoms with Gasteiger partial charge < -0.3 is 4.57 Å². The Morgan fingerprint density at radius 1 is 0.356 bits per heavy atom. The van der Waals surface area contributed by atoms with Gasteiger partial charge in [-0.05, 0) is 80.9 Å². The fraction of sp³-hybridized carbons (Fsp3) is 0.0727. The number of para-hydroxylation sites is 1. The molecule has 1 aliphatic rings. The van der Waals surface area contributed by atoms with Gasteiger partial charge in [-0.15, -0.1) is 0 Å². The van der Waals surface area contributed by atoms with Crippen LogP contribution in [0.5, 0.6) is 0 Å². The van der Waals surface area contributed by atoms with Gasteiger partial charge in [-0.3, -0.25) is 0 Å². The van der Waals surface area contributed by atoms with E-state index in [1.165, 1.54) is 55.2 Å². The molecule has 2 aromatic heterocycles. The second-order valence-electron chi connectivity index (χ2n) is 15.7. The summed E-state index contributed by atoms with van der Waals surface area (Å²) in [5.41, 5.74) is 16.5. The summed E-state index contributed by atoms with van der Waals surface area (Å²) >= 11 is 0. The van der Waals surface area contributed by atoms with Crippen molar-refractivity contribution in [2.45, 2.75) is 26.7 Å². The van der Waals surface area contributed by atoms with E-state index in [1.807, 2.05) is 60.7 Å². The summed E-state index contributed by atoms with van der Waals surface area (Å²) in [5.74, 6) is 1.95. The Morgan fingerprint density at radius 2 is 0.831 bits per heavy atom. The van der Waals surface area contributed by atoms with Gasteiger partial charge in [0, 0.05) is 38.6 Å². The first-order valence-corrected chi connectivity index (χ1v) is 19.9. The van der Waals surface area contributed by atoms with E-state index in [-0.39, 0.29) is 12.8 Å². The van der Waals surface area contributed by atoms with Gasteiger partial charge in [-0.25, -0.2) is 15.0 Å². The monoisotopic (exact) mass is 758 g/mol. The molecule has 0 atom stereocenters. The molecular weight excluding hydrogens is 717 g/mol. The van der Waals surface area contributed by atoms with Gasteiger partial charge in [-0.1, -0.05) is 179 Å². The maximum absolute atomic E-state index is 4.95. The number of benzene rings is 8. The summed E-state index contributed by atoms with van der Waals surface area (Å²) in [5, 5.41) is 2.46. The topological polar surface area (TPSA) is 43.6 Å². The molecule has 0 radical (unpaired) electrons. The molecule has 4 nitrogen and oxygen atoms in total. The fourth-order valence-corrected chi connectivity index (χ4v) is 8.88. The summed E-state index contributed by atoms with van der Waals surface area (Å²) in [7, 11) is 0. The van der Waals surface area contributed by atoms with E-state index in [0.29, 0.717) is 17.5 Å². The van der Waals surface area contributed by atoms with Gasteiger partial charge in [-0.2, -0.15) is 0 Å². The quantitative estimate of drug-likeness (QED) is 0.170. The molecule has 0 saturated heterocycles. The van der Waals surface area contributed by atoms with Crippen LogP contribution in [0, 0.1) is 0 Å². The molecule has 59 heavy (non-hydrogen) atoms. The molecule has 0 N–H and O–H groups in total. The standard InChI is InChI=1S/C54H38N4.CH4/c1-54(2)47-21-13-12-20-43(47)45-32-39(27-30-48(45)54)40-28-31-49-46(33-40)44-29-26-41(34-50(44)58(49)42-18-10-5-11-19-42)35-22-24-38(25-23-35)53-56-51(36-14-6-3-7-15-36)55-52(57-53)37-16-8-4-9-17-37;/h3-34H,1-2H3;1H4. The van der Waals surface area contributed by atoms with Gasteiger partial charge >= 0.3 is 0 Å². The van der Waals surface area contributed by atoms with E-state index in [0.717, 1.165) is 33.5 Å². The zero-order valence-corrected chi connectivity index (χ0v) is 32.3. The molecule has 8 aromatic carbocycles. The molecule has 0 unspecified atom stereocenters. The van der Waals surface area contributed by atoms with Crippen LogP contribution in [-0.2, 0) is 5.41 Å². The molecule has 10 aromatic rings. The van der Waals surface area contributed by atoms with Crippen molar-refractivity contribution in [2.75, 3.05) is 0 Å². The minimum absolute atomic E-state index is 0. The van der Waals surface area contributed by atoms with Crippen molar-refractivity contribution in [3.05, 3.63) is 205 Å². The molecule has 0 saturated carbocycles. The zero-order chi connectivity index (χ0) is 38.8. The van der Waals surface area contributed by atoms with Gasteiger partial charge in [0.15, 0.2) is 17.5 Å². The maximum atomic E-state index is 4.95. The second-order valence-corrected chi connectivity index (χ2v) is 15.7. The molecule has 4 heteroatoms. The number of nitrogens with zero attached hydrogens (tertiary/aromatic N) is 4. The van der Waals surface area contributed by atoms with E-state index >= 15 is 0 Å². The van der Waals surface area contributed by atoms with E-state index < -0.39 is 0 Å². The van der Waals surface area contributed by atoms with E-state index in [2.05, 4.69) is 152 Å². The lowest BCUT2D eigenvalue weighted by atomic mass is 9.82. The van der Waals surface area contributed by atoms with Crippen LogP contribution in [0.3, 0.4) is 0 Å². The molecule has 0 aliphatic heterocycles. The van der Waals surface area contributed by atoms with Crippen LogP contribution in [0.15, 0.2) is 194 Å². The fourth-order valence-electron chi connectivity index (χ4n) is 8.88. The third-order valence-corrected chi connectivity index (χ3v) is 11.9. The van der Waals surface area contributed by atoms with E-state index in [4.69, 9.17) is 15.0 Å². The highest BCUT2D eigenvalue weighted by Gasteiger charge is 2.35. The first-order valence-electron chi connectivity index (χ1n) is 19.9. The Hall–Kier alpha value is -7.43. The lowest BCUT2D eigenvalue weighted by molar-refractivity contribution is 0.660. The van der Waals surface area contributed by atoms with Crippen molar-refractivity contribution in [1.82, 2.24) is 19.5 Å². The Labute approximate surface area is 345 Å². The lowest BCUT2D eigenvalue weighted by Gasteiger charge is -2.21. The zero-order valence-electron chi connectivity index (χ0n) is 32.3. The average Bonchev–Trinajstić information content (AvgIpc) is 3.74. The highest BCUT2D eigenvalue weighted by Crippen LogP contribution is 2.49. The lowest BCUT2D eigenvalue weighted by Crippen LogP contribution is -2.14. The number of fused-ring (bicyclic) bond motifs is 6. The summed E-state index contributed by atoms with van der Waals surface area (Å²) in [6.07, 6.45) is 0. The van der Waals surface area contributed by atoms with Crippen LogP contribution in [0.1, 0.15) is 32.4 Å². The summed E-state index contributed by atoms with van der Waals surface area (Å²) < 4.78 is 2.40. The number of aromatic nitrogens is 4. The van der Waals surface area contributed by atoms with Crippen LogP contribution in [-0.4, -0.2) is 19.5 Å².